The maximum absolute atomic E-state index is 13.4. The Morgan fingerprint density at radius 3 is 2.26 bits per heavy atom. The summed E-state index contributed by atoms with van der Waals surface area (Å²) in [6.45, 7) is 4.27. The number of piperazine rings is 1. The van der Waals surface area contributed by atoms with Gasteiger partial charge in [0.1, 0.15) is 11.6 Å². The van der Waals surface area contributed by atoms with Gasteiger partial charge in [-0.3, -0.25) is 0 Å². The Morgan fingerprint density at radius 2 is 1.62 bits per heavy atom. The molecule has 180 valence electrons. The first-order valence-electron chi connectivity index (χ1n) is 11.0. The number of halogens is 4. The predicted octanol–water partition coefficient (Wildman–Crippen LogP) is 4.26. The van der Waals surface area contributed by atoms with Gasteiger partial charge in [0.15, 0.2) is 5.82 Å². The SMILES string of the molecule is CCCN(C)c1nc(-c2ccc(F)cc2)nc(N2CCN(c3ncccc3C(F)(F)F)CC2)n1. The Morgan fingerprint density at radius 1 is 0.941 bits per heavy atom. The van der Waals surface area contributed by atoms with E-state index in [1.807, 2.05) is 23.8 Å². The largest absolute Gasteiger partial charge is 0.419 e. The van der Waals surface area contributed by atoms with Crippen LogP contribution >= 0.6 is 0 Å². The quantitative estimate of drug-likeness (QED) is 0.494. The second-order valence-corrected chi connectivity index (χ2v) is 8.03. The molecular formula is C23H25F4N7. The molecule has 3 heterocycles. The maximum Gasteiger partial charge on any atom is 0.419 e. The van der Waals surface area contributed by atoms with Crippen molar-refractivity contribution in [2.75, 3.05) is 54.5 Å². The molecule has 3 aromatic rings. The van der Waals surface area contributed by atoms with Crippen molar-refractivity contribution in [2.24, 2.45) is 0 Å². The average molecular weight is 475 g/mol. The summed E-state index contributed by atoms with van der Waals surface area (Å²) < 4.78 is 53.7. The third kappa shape index (κ3) is 5.18. The van der Waals surface area contributed by atoms with Gasteiger partial charge in [-0.2, -0.15) is 28.1 Å². The van der Waals surface area contributed by atoms with Crippen LogP contribution in [0.2, 0.25) is 0 Å². The highest BCUT2D eigenvalue weighted by molar-refractivity contribution is 5.59. The average Bonchev–Trinajstić information content (AvgIpc) is 2.84. The van der Waals surface area contributed by atoms with Crippen molar-refractivity contribution in [1.82, 2.24) is 19.9 Å². The molecule has 1 saturated heterocycles. The van der Waals surface area contributed by atoms with Gasteiger partial charge < -0.3 is 14.7 Å². The Labute approximate surface area is 195 Å². The van der Waals surface area contributed by atoms with Crippen molar-refractivity contribution in [3.63, 3.8) is 0 Å². The number of alkyl halides is 3. The Bertz CT molecular complexity index is 1110. The lowest BCUT2D eigenvalue weighted by Crippen LogP contribution is -2.48. The smallest absolute Gasteiger partial charge is 0.353 e. The van der Waals surface area contributed by atoms with E-state index in [1.165, 1.54) is 24.4 Å². The van der Waals surface area contributed by atoms with E-state index >= 15 is 0 Å². The van der Waals surface area contributed by atoms with Crippen LogP contribution in [0.15, 0.2) is 42.6 Å². The van der Waals surface area contributed by atoms with Crippen molar-refractivity contribution in [1.29, 1.82) is 0 Å². The van der Waals surface area contributed by atoms with Gasteiger partial charge in [0, 0.05) is 51.5 Å². The van der Waals surface area contributed by atoms with E-state index in [9.17, 15) is 17.6 Å². The second-order valence-electron chi connectivity index (χ2n) is 8.03. The number of pyridine rings is 1. The zero-order valence-electron chi connectivity index (χ0n) is 18.9. The van der Waals surface area contributed by atoms with Crippen molar-refractivity contribution in [3.8, 4) is 11.4 Å². The molecule has 34 heavy (non-hydrogen) atoms. The van der Waals surface area contributed by atoms with Gasteiger partial charge in [-0.05, 0) is 42.8 Å². The van der Waals surface area contributed by atoms with Crippen LogP contribution < -0.4 is 14.7 Å². The first-order chi connectivity index (χ1) is 16.3. The molecule has 4 rings (SSSR count). The van der Waals surface area contributed by atoms with Crippen LogP contribution in [0.1, 0.15) is 18.9 Å². The Balaban J connectivity index is 1.60. The van der Waals surface area contributed by atoms with Gasteiger partial charge in [0.05, 0.1) is 5.56 Å². The molecule has 7 nitrogen and oxygen atoms in total. The normalized spacial score (nSPS) is 14.4. The van der Waals surface area contributed by atoms with Crippen molar-refractivity contribution < 1.29 is 17.6 Å². The van der Waals surface area contributed by atoms with E-state index in [-0.39, 0.29) is 11.6 Å². The summed E-state index contributed by atoms with van der Waals surface area (Å²) >= 11 is 0. The highest BCUT2D eigenvalue weighted by Crippen LogP contribution is 2.35. The molecule has 0 atom stereocenters. The van der Waals surface area contributed by atoms with E-state index in [4.69, 9.17) is 0 Å². The van der Waals surface area contributed by atoms with Crippen LogP contribution in [-0.4, -0.2) is 59.7 Å². The van der Waals surface area contributed by atoms with Gasteiger partial charge in [-0.25, -0.2) is 9.37 Å². The molecule has 0 N–H and O–H groups in total. The van der Waals surface area contributed by atoms with Crippen LogP contribution in [0.3, 0.4) is 0 Å². The summed E-state index contributed by atoms with van der Waals surface area (Å²) in [4.78, 5) is 23.2. The lowest BCUT2D eigenvalue weighted by atomic mass is 10.2. The minimum atomic E-state index is -4.47. The monoisotopic (exact) mass is 475 g/mol. The topological polar surface area (TPSA) is 61.3 Å². The fourth-order valence-corrected chi connectivity index (χ4v) is 3.82. The highest BCUT2D eigenvalue weighted by Gasteiger charge is 2.36. The molecular weight excluding hydrogens is 450 g/mol. The van der Waals surface area contributed by atoms with Gasteiger partial charge in [-0.1, -0.05) is 6.92 Å². The van der Waals surface area contributed by atoms with Crippen LogP contribution in [0.5, 0.6) is 0 Å². The van der Waals surface area contributed by atoms with Gasteiger partial charge >= 0.3 is 6.18 Å². The number of nitrogens with zero attached hydrogens (tertiary/aromatic N) is 7. The van der Waals surface area contributed by atoms with Crippen molar-refractivity contribution in [3.05, 3.63) is 54.0 Å². The van der Waals surface area contributed by atoms with Crippen molar-refractivity contribution >= 4 is 17.7 Å². The van der Waals surface area contributed by atoms with E-state index in [0.717, 1.165) is 19.0 Å². The fraction of sp³-hybridized carbons (Fsp3) is 0.391. The van der Waals surface area contributed by atoms with Gasteiger partial charge in [0.25, 0.3) is 0 Å². The number of rotatable bonds is 6. The number of hydrogen-bond acceptors (Lipinski definition) is 7. The Hall–Kier alpha value is -3.50. The van der Waals surface area contributed by atoms with E-state index in [0.29, 0.717) is 49.5 Å². The summed E-state index contributed by atoms with van der Waals surface area (Å²) in [7, 11) is 1.88. The molecule has 1 aliphatic heterocycles. The standard InChI is InChI=1S/C23H25F4N7/c1-3-11-32(2)21-29-19(16-6-8-17(24)9-7-16)30-22(31-21)34-14-12-33(13-15-34)20-18(23(25,26)27)5-4-10-28-20/h4-10H,3,11-15H2,1-2H3. The van der Waals surface area contributed by atoms with E-state index in [1.54, 1.807) is 17.0 Å². The molecule has 1 fully saturated rings. The van der Waals surface area contributed by atoms with Gasteiger partial charge in [-0.15, -0.1) is 0 Å². The zero-order chi connectivity index (χ0) is 24.3. The second kappa shape index (κ2) is 9.78. The lowest BCUT2D eigenvalue weighted by molar-refractivity contribution is -0.137. The number of hydrogen-bond donors (Lipinski definition) is 0. The summed E-state index contributed by atoms with van der Waals surface area (Å²) in [6.07, 6.45) is -2.21. The van der Waals surface area contributed by atoms with Crippen LogP contribution in [-0.2, 0) is 6.18 Å². The molecule has 0 unspecified atom stereocenters. The first kappa shape index (κ1) is 23.7. The molecule has 2 aromatic heterocycles. The molecule has 1 aliphatic rings. The highest BCUT2D eigenvalue weighted by atomic mass is 19.4. The Kier molecular flexibility index (Phi) is 6.80. The molecule has 1 aromatic carbocycles. The molecule has 0 radical (unpaired) electrons. The summed E-state index contributed by atoms with van der Waals surface area (Å²) in [5, 5.41) is 0. The molecule has 0 bridgehead atoms. The van der Waals surface area contributed by atoms with Crippen LogP contribution in [0, 0.1) is 5.82 Å². The van der Waals surface area contributed by atoms with E-state index in [2.05, 4.69) is 19.9 Å². The molecule has 0 amide bonds. The van der Waals surface area contributed by atoms with Crippen LogP contribution in [0.25, 0.3) is 11.4 Å². The number of benzene rings is 1. The minimum Gasteiger partial charge on any atom is -0.353 e. The maximum atomic E-state index is 13.4. The zero-order valence-corrected chi connectivity index (χ0v) is 18.9. The predicted molar refractivity (Wildman–Crippen MR) is 122 cm³/mol. The molecule has 0 spiro atoms. The number of anilines is 3. The lowest BCUT2D eigenvalue weighted by Gasteiger charge is -2.36. The third-order valence-electron chi connectivity index (χ3n) is 5.57. The van der Waals surface area contributed by atoms with Crippen LogP contribution in [0.4, 0.5) is 35.3 Å². The fourth-order valence-electron chi connectivity index (χ4n) is 3.82. The third-order valence-corrected chi connectivity index (χ3v) is 5.57. The first-order valence-corrected chi connectivity index (χ1v) is 11.0. The molecule has 0 aliphatic carbocycles. The van der Waals surface area contributed by atoms with E-state index < -0.39 is 11.7 Å². The van der Waals surface area contributed by atoms with Gasteiger partial charge in [0.2, 0.25) is 11.9 Å². The summed E-state index contributed by atoms with van der Waals surface area (Å²) in [5.41, 5.74) is -0.0937. The molecule has 0 saturated carbocycles. The summed E-state index contributed by atoms with van der Waals surface area (Å²) in [5.74, 6) is 0.905. The van der Waals surface area contributed by atoms with Crippen molar-refractivity contribution in [2.45, 2.75) is 19.5 Å². The number of aromatic nitrogens is 4. The summed E-state index contributed by atoms with van der Waals surface area (Å²) in [6, 6.07) is 8.24. The minimum absolute atomic E-state index is 0.0688. The molecule has 11 heteroatoms.